The van der Waals surface area contributed by atoms with Crippen LogP contribution in [0.3, 0.4) is 0 Å². The fourth-order valence-corrected chi connectivity index (χ4v) is 2.38. The third-order valence-corrected chi connectivity index (χ3v) is 3.76. The van der Waals surface area contributed by atoms with E-state index in [0.717, 1.165) is 12.1 Å². The SMILES string of the molecule is CCCN(CC(=O)Nc1cc(C(C)(C)C)nn1C)C(=O)c1ccco1. The Hall–Kier alpha value is -2.57. The summed E-state index contributed by atoms with van der Waals surface area (Å²) >= 11 is 0. The van der Waals surface area contributed by atoms with E-state index in [2.05, 4.69) is 31.2 Å². The highest BCUT2D eigenvalue weighted by Crippen LogP contribution is 2.23. The number of rotatable bonds is 6. The summed E-state index contributed by atoms with van der Waals surface area (Å²) in [5.41, 5.74) is 0.784. The molecule has 0 saturated heterocycles. The zero-order valence-electron chi connectivity index (χ0n) is 15.5. The maximum Gasteiger partial charge on any atom is 0.290 e. The molecule has 0 atom stereocenters. The molecule has 7 heteroatoms. The first-order valence-corrected chi connectivity index (χ1v) is 8.39. The van der Waals surface area contributed by atoms with Crippen LogP contribution < -0.4 is 5.32 Å². The average molecular weight is 346 g/mol. The van der Waals surface area contributed by atoms with Crippen LogP contribution in [0.1, 0.15) is 50.4 Å². The number of hydrogen-bond donors (Lipinski definition) is 1. The quantitative estimate of drug-likeness (QED) is 0.872. The normalized spacial score (nSPS) is 11.4. The van der Waals surface area contributed by atoms with Crippen LogP contribution in [-0.2, 0) is 17.3 Å². The van der Waals surface area contributed by atoms with Crippen molar-refractivity contribution in [1.29, 1.82) is 0 Å². The molecule has 0 aliphatic heterocycles. The molecule has 7 nitrogen and oxygen atoms in total. The van der Waals surface area contributed by atoms with Gasteiger partial charge in [0.25, 0.3) is 5.91 Å². The molecule has 136 valence electrons. The summed E-state index contributed by atoms with van der Waals surface area (Å²) in [6.07, 6.45) is 2.20. The van der Waals surface area contributed by atoms with Gasteiger partial charge in [0.1, 0.15) is 12.4 Å². The van der Waals surface area contributed by atoms with Crippen LogP contribution in [0.15, 0.2) is 28.9 Å². The number of carbonyl (C=O) groups is 2. The molecule has 0 unspecified atom stereocenters. The zero-order chi connectivity index (χ0) is 18.6. The number of nitrogens with zero attached hydrogens (tertiary/aromatic N) is 3. The van der Waals surface area contributed by atoms with E-state index in [4.69, 9.17) is 4.42 Å². The Labute approximate surface area is 148 Å². The molecule has 0 radical (unpaired) electrons. The van der Waals surface area contributed by atoms with E-state index in [1.54, 1.807) is 23.9 Å². The van der Waals surface area contributed by atoms with Crippen molar-refractivity contribution < 1.29 is 14.0 Å². The minimum absolute atomic E-state index is 0.0383. The van der Waals surface area contributed by atoms with Gasteiger partial charge in [-0.15, -0.1) is 0 Å². The van der Waals surface area contributed by atoms with Crippen LogP contribution in [-0.4, -0.2) is 39.6 Å². The molecule has 2 rings (SSSR count). The molecule has 0 aliphatic carbocycles. The largest absolute Gasteiger partial charge is 0.459 e. The third-order valence-electron chi connectivity index (χ3n) is 3.76. The first kappa shape index (κ1) is 18.8. The molecule has 2 heterocycles. The summed E-state index contributed by atoms with van der Waals surface area (Å²) in [6.45, 7) is 8.58. The van der Waals surface area contributed by atoms with Crippen molar-refractivity contribution >= 4 is 17.6 Å². The number of aromatic nitrogens is 2. The average Bonchev–Trinajstić information content (AvgIpc) is 3.16. The molecule has 0 aliphatic rings. The number of nitrogens with one attached hydrogen (secondary N) is 1. The molecule has 0 saturated carbocycles. The lowest BCUT2D eigenvalue weighted by atomic mass is 9.92. The second-order valence-electron chi connectivity index (χ2n) is 7.04. The summed E-state index contributed by atoms with van der Waals surface area (Å²) in [4.78, 5) is 26.3. The van der Waals surface area contributed by atoms with Crippen molar-refractivity contribution in [1.82, 2.24) is 14.7 Å². The van der Waals surface area contributed by atoms with Crippen LogP contribution in [0.4, 0.5) is 5.82 Å². The molecule has 1 N–H and O–H groups in total. The second-order valence-corrected chi connectivity index (χ2v) is 7.04. The number of aryl methyl sites for hydroxylation is 1. The van der Waals surface area contributed by atoms with Gasteiger partial charge in [0.2, 0.25) is 5.91 Å². The monoisotopic (exact) mass is 346 g/mol. The number of amides is 2. The van der Waals surface area contributed by atoms with Crippen LogP contribution in [0.2, 0.25) is 0 Å². The van der Waals surface area contributed by atoms with Crippen LogP contribution in [0.5, 0.6) is 0 Å². The van der Waals surface area contributed by atoms with Crippen LogP contribution >= 0.6 is 0 Å². The third kappa shape index (κ3) is 4.71. The van der Waals surface area contributed by atoms with Crippen LogP contribution in [0, 0.1) is 0 Å². The van der Waals surface area contributed by atoms with E-state index < -0.39 is 0 Å². The van der Waals surface area contributed by atoms with Gasteiger partial charge in [-0.1, -0.05) is 27.7 Å². The minimum atomic E-state index is -0.289. The zero-order valence-corrected chi connectivity index (χ0v) is 15.5. The molecule has 0 fully saturated rings. The van der Waals surface area contributed by atoms with Gasteiger partial charge in [-0.2, -0.15) is 5.10 Å². The van der Waals surface area contributed by atoms with E-state index >= 15 is 0 Å². The van der Waals surface area contributed by atoms with E-state index in [-0.39, 0.29) is 29.5 Å². The molecule has 2 aromatic heterocycles. The molecule has 2 aromatic rings. The lowest BCUT2D eigenvalue weighted by Gasteiger charge is -2.20. The van der Waals surface area contributed by atoms with Gasteiger partial charge in [-0.25, -0.2) is 0 Å². The van der Waals surface area contributed by atoms with Crippen LogP contribution in [0.25, 0.3) is 0 Å². The van der Waals surface area contributed by atoms with E-state index in [1.807, 2.05) is 13.0 Å². The van der Waals surface area contributed by atoms with Gasteiger partial charge in [0.05, 0.1) is 12.0 Å². The van der Waals surface area contributed by atoms with E-state index in [1.165, 1.54) is 11.2 Å². The van der Waals surface area contributed by atoms with Crippen molar-refractivity contribution in [3.8, 4) is 0 Å². The minimum Gasteiger partial charge on any atom is -0.459 e. The fourth-order valence-electron chi connectivity index (χ4n) is 2.38. The smallest absolute Gasteiger partial charge is 0.290 e. The van der Waals surface area contributed by atoms with Gasteiger partial charge in [0.15, 0.2) is 5.76 Å². The van der Waals surface area contributed by atoms with E-state index in [0.29, 0.717) is 12.4 Å². The highest BCUT2D eigenvalue weighted by atomic mass is 16.3. The molecular formula is C18H26N4O3. The lowest BCUT2D eigenvalue weighted by molar-refractivity contribution is -0.117. The topological polar surface area (TPSA) is 80.4 Å². The highest BCUT2D eigenvalue weighted by Gasteiger charge is 2.22. The van der Waals surface area contributed by atoms with Crippen molar-refractivity contribution in [3.05, 3.63) is 35.9 Å². The molecule has 2 amide bonds. The van der Waals surface area contributed by atoms with Gasteiger partial charge >= 0.3 is 0 Å². The van der Waals surface area contributed by atoms with Gasteiger partial charge in [-0.3, -0.25) is 14.3 Å². The standard InChI is InChI=1S/C18H26N4O3/c1-6-9-22(17(24)13-8-7-10-25-13)12-16(23)19-15-11-14(18(2,3)4)20-21(15)5/h7-8,10-11H,6,9,12H2,1-5H3,(H,19,23). The predicted molar refractivity (Wildman–Crippen MR) is 95.4 cm³/mol. The summed E-state index contributed by atoms with van der Waals surface area (Å²) in [6, 6.07) is 5.11. The molecular weight excluding hydrogens is 320 g/mol. The molecule has 0 aromatic carbocycles. The van der Waals surface area contributed by atoms with Crippen molar-refractivity contribution in [3.63, 3.8) is 0 Å². The first-order chi connectivity index (χ1) is 11.7. The summed E-state index contributed by atoms with van der Waals surface area (Å²) in [5, 5.41) is 7.26. The number of furan rings is 1. The molecule has 0 bridgehead atoms. The predicted octanol–water partition coefficient (Wildman–Crippen LogP) is 2.80. The van der Waals surface area contributed by atoms with E-state index in [9.17, 15) is 9.59 Å². The second kappa shape index (κ2) is 7.55. The highest BCUT2D eigenvalue weighted by molar-refractivity contribution is 5.97. The summed E-state index contributed by atoms with van der Waals surface area (Å²) in [5.74, 6) is 0.285. The molecule has 0 spiro atoms. The van der Waals surface area contributed by atoms with Crippen molar-refractivity contribution in [2.45, 2.75) is 39.5 Å². The number of carbonyl (C=O) groups excluding carboxylic acids is 2. The lowest BCUT2D eigenvalue weighted by Crippen LogP contribution is -2.38. The number of hydrogen-bond acceptors (Lipinski definition) is 4. The molecule has 25 heavy (non-hydrogen) atoms. The summed E-state index contributed by atoms with van der Waals surface area (Å²) in [7, 11) is 1.78. The van der Waals surface area contributed by atoms with Gasteiger partial charge in [-0.05, 0) is 18.6 Å². The van der Waals surface area contributed by atoms with Gasteiger partial charge in [0, 0.05) is 25.1 Å². The van der Waals surface area contributed by atoms with Crippen molar-refractivity contribution in [2.75, 3.05) is 18.4 Å². The number of anilines is 1. The Morgan fingerprint density at radius 2 is 2.08 bits per heavy atom. The van der Waals surface area contributed by atoms with Gasteiger partial charge < -0.3 is 14.6 Å². The Morgan fingerprint density at radius 1 is 1.36 bits per heavy atom. The first-order valence-electron chi connectivity index (χ1n) is 8.39. The Morgan fingerprint density at radius 3 is 2.60 bits per heavy atom. The Bertz CT molecular complexity index is 726. The maximum atomic E-state index is 12.4. The summed E-state index contributed by atoms with van der Waals surface area (Å²) < 4.78 is 6.78. The Kier molecular flexibility index (Phi) is 5.66. The maximum absolute atomic E-state index is 12.4. The fraction of sp³-hybridized carbons (Fsp3) is 0.500. The Balaban J connectivity index is 2.07. The van der Waals surface area contributed by atoms with Crippen molar-refractivity contribution in [2.24, 2.45) is 7.05 Å².